The molecule has 1 unspecified atom stereocenters. The molecule has 5 heteroatoms. The lowest BCUT2D eigenvalue weighted by Crippen LogP contribution is -2.34. The first-order valence-electron chi connectivity index (χ1n) is 7.24. The van der Waals surface area contributed by atoms with Crippen LogP contribution in [-0.4, -0.2) is 28.8 Å². The van der Waals surface area contributed by atoms with Gasteiger partial charge in [-0.3, -0.25) is 9.36 Å². The van der Waals surface area contributed by atoms with Gasteiger partial charge in [0.15, 0.2) is 0 Å². The van der Waals surface area contributed by atoms with Crippen LogP contribution >= 0.6 is 0 Å². The van der Waals surface area contributed by atoms with E-state index in [1.54, 1.807) is 10.9 Å². The molecule has 1 aromatic rings. The van der Waals surface area contributed by atoms with Crippen molar-refractivity contribution < 1.29 is 4.74 Å². The molecule has 19 heavy (non-hydrogen) atoms. The van der Waals surface area contributed by atoms with Crippen LogP contribution in [-0.2, 0) is 24.2 Å². The summed E-state index contributed by atoms with van der Waals surface area (Å²) < 4.78 is 7.36. The second-order valence-electron chi connectivity index (χ2n) is 5.37. The maximum absolute atomic E-state index is 12.3. The Morgan fingerprint density at radius 2 is 2.47 bits per heavy atom. The van der Waals surface area contributed by atoms with E-state index in [4.69, 9.17) is 4.74 Å². The maximum Gasteiger partial charge on any atom is 0.256 e. The van der Waals surface area contributed by atoms with E-state index in [0.717, 1.165) is 56.8 Å². The van der Waals surface area contributed by atoms with Crippen LogP contribution in [0.2, 0.25) is 0 Å². The van der Waals surface area contributed by atoms with Crippen LogP contribution in [0.1, 0.15) is 36.9 Å². The number of nitrogens with zero attached hydrogens (tertiary/aromatic N) is 2. The number of nitrogens with one attached hydrogen (secondary N) is 1. The number of hydrogen-bond acceptors (Lipinski definition) is 4. The standard InChI is InChI=1S/C14H21N3O2/c18-14-12-5-6-15-9-13(12)16-10-17(14)7-1-3-11-4-2-8-19-11/h10-11,15H,1-9H2. The van der Waals surface area contributed by atoms with Crippen molar-refractivity contribution in [2.75, 3.05) is 13.2 Å². The topological polar surface area (TPSA) is 56.2 Å². The van der Waals surface area contributed by atoms with Gasteiger partial charge in [-0.05, 0) is 38.6 Å². The average molecular weight is 263 g/mol. The lowest BCUT2D eigenvalue weighted by molar-refractivity contribution is 0.101. The lowest BCUT2D eigenvalue weighted by atomic mass is 10.1. The zero-order valence-electron chi connectivity index (χ0n) is 11.2. The van der Waals surface area contributed by atoms with Gasteiger partial charge in [0.1, 0.15) is 0 Å². The third-order valence-corrected chi connectivity index (χ3v) is 4.01. The molecule has 3 rings (SSSR count). The smallest absolute Gasteiger partial charge is 0.256 e. The Hall–Kier alpha value is -1.20. The molecular formula is C14H21N3O2. The number of ether oxygens (including phenoxy) is 1. The molecule has 1 saturated heterocycles. The molecule has 2 aliphatic heterocycles. The van der Waals surface area contributed by atoms with Gasteiger partial charge >= 0.3 is 0 Å². The van der Waals surface area contributed by atoms with Crippen LogP contribution in [0.5, 0.6) is 0 Å². The largest absolute Gasteiger partial charge is 0.378 e. The molecule has 3 heterocycles. The molecule has 1 atom stereocenters. The van der Waals surface area contributed by atoms with Gasteiger partial charge in [0.05, 0.1) is 18.1 Å². The first-order valence-corrected chi connectivity index (χ1v) is 7.24. The molecule has 5 nitrogen and oxygen atoms in total. The molecule has 0 aromatic carbocycles. The highest BCUT2D eigenvalue weighted by Crippen LogP contribution is 2.17. The Balaban J connectivity index is 1.62. The Morgan fingerprint density at radius 3 is 3.32 bits per heavy atom. The number of aryl methyl sites for hydroxylation is 1. The van der Waals surface area contributed by atoms with Crippen molar-refractivity contribution in [1.82, 2.24) is 14.9 Å². The van der Waals surface area contributed by atoms with Gasteiger partial charge in [-0.1, -0.05) is 0 Å². The number of hydrogen-bond donors (Lipinski definition) is 1. The van der Waals surface area contributed by atoms with E-state index in [1.807, 2.05) is 0 Å². The van der Waals surface area contributed by atoms with Crippen LogP contribution in [0.25, 0.3) is 0 Å². The molecule has 1 fully saturated rings. The SMILES string of the molecule is O=c1c2c(ncn1CCCC1CCCO1)CNCC2. The minimum atomic E-state index is 0.152. The summed E-state index contributed by atoms with van der Waals surface area (Å²) in [4.78, 5) is 16.7. The summed E-state index contributed by atoms with van der Waals surface area (Å²) in [6.45, 7) is 3.26. The third kappa shape index (κ3) is 2.87. The van der Waals surface area contributed by atoms with Crippen LogP contribution in [0, 0.1) is 0 Å². The Kier molecular flexibility index (Phi) is 3.94. The van der Waals surface area contributed by atoms with E-state index in [-0.39, 0.29) is 5.56 Å². The second kappa shape index (κ2) is 5.84. The minimum Gasteiger partial charge on any atom is -0.378 e. The van der Waals surface area contributed by atoms with Gasteiger partial charge in [-0.2, -0.15) is 0 Å². The van der Waals surface area contributed by atoms with Gasteiger partial charge < -0.3 is 10.1 Å². The highest BCUT2D eigenvalue weighted by molar-refractivity contribution is 5.19. The summed E-state index contributed by atoms with van der Waals surface area (Å²) in [5, 5.41) is 3.24. The molecule has 0 radical (unpaired) electrons. The summed E-state index contributed by atoms with van der Waals surface area (Å²) in [6, 6.07) is 0. The van der Waals surface area contributed by atoms with Gasteiger partial charge in [-0.15, -0.1) is 0 Å². The molecule has 0 saturated carbocycles. The molecular weight excluding hydrogens is 242 g/mol. The summed E-state index contributed by atoms with van der Waals surface area (Å²) in [7, 11) is 0. The molecule has 0 bridgehead atoms. The van der Waals surface area contributed by atoms with Crippen LogP contribution < -0.4 is 10.9 Å². The van der Waals surface area contributed by atoms with E-state index >= 15 is 0 Å². The second-order valence-corrected chi connectivity index (χ2v) is 5.37. The Labute approximate surface area is 113 Å². The van der Waals surface area contributed by atoms with Crippen molar-refractivity contribution >= 4 is 0 Å². The van der Waals surface area contributed by atoms with Gasteiger partial charge in [0.2, 0.25) is 0 Å². The van der Waals surface area contributed by atoms with Gasteiger partial charge in [-0.25, -0.2) is 4.98 Å². The van der Waals surface area contributed by atoms with Gasteiger partial charge in [0.25, 0.3) is 5.56 Å². The van der Waals surface area contributed by atoms with Crippen molar-refractivity contribution in [2.24, 2.45) is 0 Å². The van der Waals surface area contributed by atoms with E-state index in [1.165, 1.54) is 12.8 Å². The van der Waals surface area contributed by atoms with Crippen molar-refractivity contribution in [2.45, 2.75) is 51.3 Å². The zero-order valence-corrected chi connectivity index (χ0v) is 11.2. The van der Waals surface area contributed by atoms with Gasteiger partial charge in [0, 0.05) is 25.3 Å². The predicted octanol–water partition coefficient (Wildman–Crippen LogP) is 0.848. The van der Waals surface area contributed by atoms with E-state index < -0.39 is 0 Å². The van der Waals surface area contributed by atoms with Crippen LogP contribution in [0.4, 0.5) is 0 Å². The lowest BCUT2D eigenvalue weighted by Gasteiger charge is -2.17. The monoisotopic (exact) mass is 263 g/mol. The number of rotatable bonds is 4. The highest BCUT2D eigenvalue weighted by atomic mass is 16.5. The van der Waals surface area contributed by atoms with Crippen molar-refractivity contribution in [3.63, 3.8) is 0 Å². The Morgan fingerprint density at radius 1 is 1.53 bits per heavy atom. The molecule has 1 N–H and O–H groups in total. The highest BCUT2D eigenvalue weighted by Gasteiger charge is 2.17. The van der Waals surface area contributed by atoms with Crippen LogP contribution in [0.15, 0.2) is 11.1 Å². The van der Waals surface area contributed by atoms with E-state index in [9.17, 15) is 4.79 Å². The fourth-order valence-electron chi connectivity index (χ4n) is 2.91. The fourth-order valence-corrected chi connectivity index (χ4v) is 2.91. The van der Waals surface area contributed by atoms with Crippen molar-refractivity contribution in [1.29, 1.82) is 0 Å². The molecule has 0 amide bonds. The summed E-state index contributed by atoms with van der Waals surface area (Å²) in [6.07, 6.45) is 7.29. The molecule has 104 valence electrons. The normalized spacial score (nSPS) is 22.4. The number of fused-ring (bicyclic) bond motifs is 1. The van der Waals surface area contributed by atoms with Crippen molar-refractivity contribution in [3.05, 3.63) is 27.9 Å². The fraction of sp³-hybridized carbons (Fsp3) is 0.714. The molecule has 0 aliphatic carbocycles. The molecule has 2 aliphatic rings. The zero-order chi connectivity index (χ0) is 13.1. The molecule has 1 aromatic heterocycles. The quantitative estimate of drug-likeness (QED) is 0.875. The molecule has 0 spiro atoms. The summed E-state index contributed by atoms with van der Waals surface area (Å²) in [5.41, 5.74) is 1.98. The Bertz CT molecular complexity index is 492. The first kappa shape index (κ1) is 12.8. The number of aromatic nitrogens is 2. The average Bonchev–Trinajstić information content (AvgIpc) is 2.95. The van der Waals surface area contributed by atoms with Crippen LogP contribution in [0.3, 0.4) is 0 Å². The van der Waals surface area contributed by atoms with Crippen molar-refractivity contribution in [3.8, 4) is 0 Å². The predicted molar refractivity (Wildman–Crippen MR) is 72.1 cm³/mol. The maximum atomic E-state index is 12.3. The van der Waals surface area contributed by atoms with E-state index in [2.05, 4.69) is 10.3 Å². The minimum absolute atomic E-state index is 0.152. The third-order valence-electron chi connectivity index (χ3n) is 4.01. The van der Waals surface area contributed by atoms with E-state index in [0.29, 0.717) is 6.10 Å². The summed E-state index contributed by atoms with van der Waals surface area (Å²) >= 11 is 0. The summed E-state index contributed by atoms with van der Waals surface area (Å²) in [5.74, 6) is 0. The first-order chi connectivity index (χ1) is 9.34.